The highest BCUT2D eigenvalue weighted by Crippen LogP contribution is 2.33. The molecular formula is C10H14S. The minimum atomic E-state index is 1.08. The Morgan fingerprint density at radius 2 is 2.36 bits per heavy atom. The zero-order chi connectivity index (χ0) is 7.68. The van der Waals surface area contributed by atoms with Gasteiger partial charge in [0.25, 0.3) is 0 Å². The summed E-state index contributed by atoms with van der Waals surface area (Å²) in [6.45, 7) is 2.19. The lowest BCUT2D eigenvalue weighted by Crippen LogP contribution is -1.82. The van der Waals surface area contributed by atoms with Crippen LogP contribution in [0, 0.1) is 12.8 Å². The molecule has 1 heterocycles. The summed E-state index contributed by atoms with van der Waals surface area (Å²) in [4.78, 5) is 1.45. The van der Waals surface area contributed by atoms with Crippen LogP contribution in [0.5, 0.6) is 0 Å². The molecular weight excluding hydrogens is 152 g/mol. The number of hydrogen-bond donors (Lipinski definition) is 0. The first kappa shape index (κ1) is 7.35. The molecule has 0 saturated heterocycles. The monoisotopic (exact) mass is 166 g/mol. The standard InChI is InChI=1S/C10H14S/c1-8-6-10(7-11-8)5-4-9-2-3-9/h6-7,9H,2-5H2,1H3. The Labute approximate surface area is 72.3 Å². The molecule has 0 amide bonds. The van der Waals surface area contributed by atoms with Crippen LogP contribution in [0.2, 0.25) is 0 Å². The van der Waals surface area contributed by atoms with Gasteiger partial charge < -0.3 is 0 Å². The summed E-state index contributed by atoms with van der Waals surface area (Å²) < 4.78 is 0. The third-order valence-electron chi connectivity index (χ3n) is 2.32. The second-order valence-electron chi connectivity index (χ2n) is 3.55. The molecule has 1 fully saturated rings. The van der Waals surface area contributed by atoms with E-state index < -0.39 is 0 Å². The molecule has 1 aromatic rings. The minimum Gasteiger partial charge on any atom is -0.149 e. The Balaban J connectivity index is 1.85. The van der Waals surface area contributed by atoms with Gasteiger partial charge in [-0.2, -0.15) is 0 Å². The van der Waals surface area contributed by atoms with Crippen LogP contribution in [-0.2, 0) is 6.42 Å². The van der Waals surface area contributed by atoms with Gasteiger partial charge in [0.2, 0.25) is 0 Å². The van der Waals surface area contributed by atoms with Crippen LogP contribution in [0.1, 0.15) is 29.7 Å². The van der Waals surface area contributed by atoms with Gasteiger partial charge in [-0.25, -0.2) is 0 Å². The van der Waals surface area contributed by atoms with Gasteiger partial charge in [-0.3, -0.25) is 0 Å². The highest BCUT2D eigenvalue weighted by Gasteiger charge is 2.20. The molecule has 2 rings (SSSR count). The maximum absolute atomic E-state index is 2.33. The zero-order valence-electron chi connectivity index (χ0n) is 6.97. The molecule has 1 heteroatoms. The van der Waals surface area contributed by atoms with Gasteiger partial charge in [0.05, 0.1) is 0 Å². The van der Waals surface area contributed by atoms with Crippen LogP contribution in [0.4, 0.5) is 0 Å². The number of hydrogen-bond acceptors (Lipinski definition) is 1. The van der Waals surface area contributed by atoms with E-state index in [2.05, 4.69) is 18.4 Å². The van der Waals surface area contributed by atoms with Gasteiger partial charge >= 0.3 is 0 Å². The lowest BCUT2D eigenvalue weighted by Gasteiger charge is -1.93. The largest absolute Gasteiger partial charge is 0.149 e. The number of aryl methyl sites for hydroxylation is 2. The van der Waals surface area contributed by atoms with E-state index in [0.717, 1.165) is 5.92 Å². The first-order chi connectivity index (χ1) is 5.34. The van der Waals surface area contributed by atoms with Gasteiger partial charge in [0, 0.05) is 4.88 Å². The first-order valence-electron chi connectivity index (χ1n) is 4.38. The van der Waals surface area contributed by atoms with Gasteiger partial charge in [-0.05, 0) is 42.7 Å². The highest BCUT2D eigenvalue weighted by molar-refractivity contribution is 7.10. The summed E-state index contributed by atoms with van der Waals surface area (Å²) in [6.07, 6.45) is 5.72. The maximum atomic E-state index is 2.33. The van der Waals surface area contributed by atoms with Crippen molar-refractivity contribution in [3.63, 3.8) is 0 Å². The van der Waals surface area contributed by atoms with Crippen molar-refractivity contribution in [3.05, 3.63) is 21.9 Å². The van der Waals surface area contributed by atoms with Crippen molar-refractivity contribution in [1.29, 1.82) is 0 Å². The van der Waals surface area contributed by atoms with E-state index in [9.17, 15) is 0 Å². The molecule has 0 radical (unpaired) electrons. The SMILES string of the molecule is Cc1cc(CCC2CC2)cs1. The van der Waals surface area contributed by atoms with E-state index in [-0.39, 0.29) is 0 Å². The van der Waals surface area contributed by atoms with Crippen LogP contribution < -0.4 is 0 Å². The lowest BCUT2D eigenvalue weighted by atomic mass is 10.1. The van der Waals surface area contributed by atoms with E-state index in [0.29, 0.717) is 0 Å². The van der Waals surface area contributed by atoms with E-state index in [1.54, 1.807) is 5.56 Å². The average molecular weight is 166 g/mol. The zero-order valence-corrected chi connectivity index (χ0v) is 7.79. The molecule has 60 valence electrons. The minimum absolute atomic E-state index is 1.08. The fourth-order valence-corrected chi connectivity index (χ4v) is 2.15. The topological polar surface area (TPSA) is 0 Å². The summed E-state index contributed by atoms with van der Waals surface area (Å²) >= 11 is 1.88. The van der Waals surface area contributed by atoms with Crippen molar-refractivity contribution < 1.29 is 0 Å². The van der Waals surface area contributed by atoms with Crippen LogP contribution in [-0.4, -0.2) is 0 Å². The Bertz CT molecular complexity index is 233. The normalized spacial score (nSPS) is 17.2. The summed E-state index contributed by atoms with van der Waals surface area (Å²) in [5.41, 5.74) is 1.56. The quantitative estimate of drug-likeness (QED) is 0.645. The van der Waals surface area contributed by atoms with E-state index >= 15 is 0 Å². The molecule has 0 spiro atoms. The second kappa shape index (κ2) is 2.98. The molecule has 1 aliphatic rings. The van der Waals surface area contributed by atoms with Gasteiger partial charge in [-0.1, -0.05) is 12.8 Å². The van der Waals surface area contributed by atoms with Crippen LogP contribution in [0.15, 0.2) is 11.4 Å². The molecule has 0 N–H and O–H groups in total. The lowest BCUT2D eigenvalue weighted by molar-refractivity contribution is 0.728. The third-order valence-corrected chi connectivity index (χ3v) is 3.23. The van der Waals surface area contributed by atoms with Crippen molar-refractivity contribution in [2.24, 2.45) is 5.92 Å². The van der Waals surface area contributed by atoms with Gasteiger partial charge in [0.15, 0.2) is 0 Å². The summed E-state index contributed by atoms with van der Waals surface area (Å²) in [6, 6.07) is 2.33. The predicted octanol–water partition coefficient (Wildman–Crippen LogP) is 3.40. The third kappa shape index (κ3) is 2.06. The van der Waals surface area contributed by atoms with Crippen molar-refractivity contribution in [2.75, 3.05) is 0 Å². The number of thiophene rings is 1. The number of rotatable bonds is 3. The summed E-state index contributed by atoms with van der Waals surface area (Å²) in [5, 5.41) is 2.30. The molecule has 0 unspecified atom stereocenters. The van der Waals surface area contributed by atoms with Crippen molar-refractivity contribution in [3.8, 4) is 0 Å². The molecule has 0 aromatic carbocycles. The van der Waals surface area contributed by atoms with Crippen LogP contribution >= 0.6 is 11.3 Å². The molecule has 0 nitrogen and oxygen atoms in total. The Hall–Kier alpha value is -0.300. The van der Waals surface area contributed by atoms with Crippen molar-refractivity contribution >= 4 is 11.3 Å². The molecule has 0 atom stereocenters. The maximum Gasteiger partial charge on any atom is 0.00170 e. The van der Waals surface area contributed by atoms with E-state index in [4.69, 9.17) is 0 Å². The Morgan fingerprint density at radius 3 is 2.91 bits per heavy atom. The van der Waals surface area contributed by atoms with Crippen LogP contribution in [0.3, 0.4) is 0 Å². The predicted molar refractivity (Wildman–Crippen MR) is 50.1 cm³/mol. The van der Waals surface area contributed by atoms with Crippen molar-refractivity contribution in [2.45, 2.75) is 32.6 Å². The van der Waals surface area contributed by atoms with Gasteiger partial charge in [0.1, 0.15) is 0 Å². The molecule has 1 aliphatic carbocycles. The smallest absolute Gasteiger partial charge is 0.00170 e. The molecule has 0 bridgehead atoms. The molecule has 1 aromatic heterocycles. The van der Waals surface area contributed by atoms with E-state index in [1.165, 1.54) is 30.6 Å². The van der Waals surface area contributed by atoms with Gasteiger partial charge in [-0.15, -0.1) is 11.3 Å². The molecule has 1 saturated carbocycles. The fraction of sp³-hybridized carbons (Fsp3) is 0.600. The molecule has 0 aliphatic heterocycles. The highest BCUT2D eigenvalue weighted by atomic mass is 32.1. The summed E-state index contributed by atoms with van der Waals surface area (Å²) in [7, 11) is 0. The Morgan fingerprint density at radius 1 is 1.55 bits per heavy atom. The second-order valence-corrected chi connectivity index (χ2v) is 4.66. The Kier molecular flexibility index (Phi) is 1.99. The first-order valence-corrected chi connectivity index (χ1v) is 5.26. The summed E-state index contributed by atoms with van der Waals surface area (Å²) in [5.74, 6) is 1.08. The van der Waals surface area contributed by atoms with E-state index in [1.807, 2.05) is 11.3 Å². The average Bonchev–Trinajstić information content (AvgIpc) is 2.72. The fourth-order valence-electron chi connectivity index (χ4n) is 1.41. The van der Waals surface area contributed by atoms with Crippen LogP contribution in [0.25, 0.3) is 0 Å². The van der Waals surface area contributed by atoms with Crippen molar-refractivity contribution in [1.82, 2.24) is 0 Å². The molecule has 11 heavy (non-hydrogen) atoms.